The van der Waals surface area contributed by atoms with E-state index in [2.05, 4.69) is 28.0 Å². The second-order valence-corrected chi connectivity index (χ2v) is 4.19. The van der Waals surface area contributed by atoms with Crippen molar-refractivity contribution in [2.75, 3.05) is 11.9 Å². The van der Waals surface area contributed by atoms with E-state index < -0.39 is 11.8 Å². The third-order valence-corrected chi connectivity index (χ3v) is 2.84. The number of halogens is 2. The number of anilines is 1. The zero-order valence-corrected chi connectivity index (χ0v) is 12.7. The van der Waals surface area contributed by atoms with Gasteiger partial charge in [0.05, 0.1) is 16.8 Å². The van der Waals surface area contributed by atoms with Gasteiger partial charge in [0.15, 0.2) is 5.75 Å². The molecule has 7 N–H and O–H groups in total. The van der Waals surface area contributed by atoms with E-state index in [-0.39, 0.29) is 16.8 Å². The molecule has 1 aromatic rings. The van der Waals surface area contributed by atoms with Crippen LogP contribution in [0, 0.1) is 11.2 Å². The van der Waals surface area contributed by atoms with Gasteiger partial charge in [-0.2, -0.15) is 0 Å². The molecule has 2 amide bonds. The van der Waals surface area contributed by atoms with Crippen molar-refractivity contribution < 1.29 is 13.9 Å². The second-order valence-electron chi connectivity index (χ2n) is 3.40. The number of nitrogens with two attached hydrogens (primary N) is 2. The van der Waals surface area contributed by atoms with E-state index in [1.807, 2.05) is 5.43 Å². The van der Waals surface area contributed by atoms with Crippen molar-refractivity contribution in [1.29, 1.82) is 5.41 Å². The molecule has 0 aliphatic carbocycles. The topological polar surface area (TPSA) is 126 Å². The minimum atomic E-state index is -0.634. The largest absolute Gasteiger partial charge is 0.490 e. The highest BCUT2D eigenvalue weighted by Crippen LogP contribution is 2.35. The van der Waals surface area contributed by atoms with Gasteiger partial charge in [0.2, 0.25) is 0 Å². The minimum absolute atomic E-state index is 0.124. The number of amides is 2. The first kappa shape index (κ1) is 18.9. The van der Waals surface area contributed by atoms with E-state index in [9.17, 15) is 9.18 Å². The summed E-state index contributed by atoms with van der Waals surface area (Å²) in [4.78, 5) is 11.2. The SMILES string of the molecule is C=N.N/C=C\CCOc1c(NC(=O)NN)ccc(F)c1Br. The van der Waals surface area contributed by atoms with E-state index in [4.69, 9.17) is 21.7 Å². The summed E-state index contributed by atoms with van der Waals surface area (Å²) in [6, 6.07) is 1.94. The first-order valence-electron chi connectivity index (χ1n) is 5.70. The molecular weight excluding hydrogens is 345 g/mol. The predicted octanol–water partition coefficient (Wildman–Crippen LogP) is 2.09. The van der Waals surface area contributed by atoms with Crippen LogP contribution in [-0.4, -0.2) is 19.4 Å². The number of hydrogen-bond donors (Lipinski definition) is 5. The number of hydrogen-bond acceptors (Lipinski definition) is 5. The van der Waals surface area contributed by atoms with Gasteiger partial charge in [-0.3, -0.25) is 5.43 Å². The number of nitrogens with one attached hydrogen (secondary N) is 3. The second kappa shape index (κ2) is 10.6. The van der Waals surface area contributed by atoms with E-state index in [0.717, 1.165) is 0 Å². The molecule has 0 atom stereocenters. The fourth-order valence-electron chi connectivity index (χ4n) is 1.26. The van der Waals surface area contributed by atoms with Gasteiger partial charge in [0, 0.05) is 6.42 Å². The Bertz CT molecular complexity index is 499. The lowest BCUT2D eigenvalue weighted by Gasteiger charge is -2.14. The molecule has 0 heterocycles. The van der Waals surface area contributed by atoms with Crippen LogP contribution in [0.4, 0.5) is 14.9 Å². The maximum Gasteiger partial charge on any atom is 0.333 e. The summed E-state index contributed by atoms with van der Waals surface area (Å²) < 4.78 is 19.0. The number of carbonyl (C=O) groups excluding carboxylic acids is 1. The molecule has 21 heavy (non-hydrogen) atoms. The molecule has 0 saturated carbocycles. The number of carbonyl (C=O) groups is 1. The Morgan fingerprint density at radius 1 is 1.52 bits per heavy atom. The van der Waals surface area contributed by atoms with E-state index >= 15 is 0 Å². The third-order valence-electron chi connectivity index (χ3n) is 2.10. The monoisotopic (exact) mass is 361 g/mol. The summed E-state index contributed by atoms with van der Waals surface area (Å²) in [5.41, 5.74) is 7.40. The van der Waals surface area contributed by atoms with Gasteiger partial charge in [-0.25, -0.2) is 15.0 Å². The van der Waals surface area contributed by atoms with Crippen LogP contribution in [0.1, 0.15) is 6.42 Å². The van der Waals surface area contributed by atoms with Gasteiger partial charge in [0.25, 0.3) is 0 Å². The smallest absolute Gasteiger partial charge is 0.333 e. The van der Waals surface area contributed by atoms with Crippen LogP contribution in [0.25, 0.3) is 0 Å². The minimum Gasteiger partial charge on any atom is -0.490 e. The number of hydrazine groups is 1. The molecule has 0 radical (unpaired) electrons. The van der Waals surface area contributed by atoms with Crippen molar-refractivity contribution in [3.63, 3.8) is 0 Å². The van der Waals surface area contributed by atoms with Gasteiger partial charge < -0.3 is 21.2 Å². The highest BCUT2D eigenvalue weighted by Gasteiger charge is 2.14. The fraction of sp³-hybridized carbons (Fsp3) is 0.167. The Labute approximate surface area is 130 Å². The maximum absolute atomic E-state index is 13.4. The number of ether oxygens (including phenoxy) is 1. The lowest BCUT2D eigenvalue weighted by molar-refractivity contribution is 0.252. The van der Waals surface area contributed by atoms with Crippen LogP contribution >= 0.6 is 15.9 Å². The zero-order valence-electron chi connectivity index (χ0n) is 11.2. The van der Waals surface area contributed by atoms with Gasteiger partial charge in [-0.15, -0.1) is 0 Å². The Morgan fingerprint density at radius 3 is 2.76 bits per heavy atom. The average Bonchev–Trinajstić information content (AvgIpc) is 2.51. The zero-order chi connectivity index (χ0) is 16.3. The van der Waals surface area contributed by atoms with Crippen LogP contribution in [0.5, 0.6) is 5.75 Å². The van der Waals surface area contributed by atoms with Crippen LogP contribution in [-0.2, 0) is 0 Å². The summed E-state index contributed by atoms with van der Waals surface area (Å²) in [6.07, 6.45) is 3.65. The van der Waals surface area contributed by atoms with E-state index in [0.29, 0.717) is 12.1 Å². The first-order chi connectivity index (χ1) is 10.1. The van der Waals surface area contributed by atoms with Crippen LogP contribution < -0.4 is 27.1 Å². The highest BCUT2D eigenvalue weighted by atomic mass is 79.9. The van der Waals surface area contributed by atoms with Crippen molar-refractivity contribution in [2.24, 2.45) is 11.6 Å². The van der Waals surface area contributed by atoms with E-state index in [1.165, 1.54) is 18.3 Å². The van der Waals surface area contributed by atoms with Crippen molar-refractivity contribution >= 4 is 34.4 Å². The highest BCUT2D eigenvalue weighted by molar-refractivity contribution is 9.10. The third kappa shape index (κ3) is 6.23. The summed E-state index contributed by atoms with van der Waals surface area (Å²) in [5, 5.41) is 7.93. The molecule has 1 aromatic carbocycles. The standard InChI is InChI=1S/C11H14BrFN4O2.CH3N/c12-9-7(13)3-4-8(16-11(18)17-15)10(9)19-6-2-1-5-14;1-2/h1,3-5H,2,6,14-15H2,(H2,16,17,18);2H,1H2/b5-1-;. The Morgan fingerprint density at radius 2 is 2.19 bits per heavy atom. The fourth-order valence-corrected chi connectivity index (χ4v) is 1.72. The number of benzene rings is 1. The summed E-state index contributed by atoms with van der Waals surface area (Å²) in [6.45, 7) is 2.79. The number of urea groups is 1. The Kier molecular flexibility index (Phi) is 9.55. The average molecular weight is 362 g/mol. The molecule has 0 bridgehead atoms. The van der Waals surface area contributed by atoms with Gasteiger partial charge in [0.1, 0.15) is 5.82 Å². The van der Waals surface area contributed by atoms with Crippen molar-refractivity contribution in [3.05, 3.63) is 34.7 Å². The van der Waals surface area contributed by atoms with Crippen LogP contribution in [0.15, 0.2) is 28.9 Å². The van der Waals surface area contributed by atoms with Crippen molar-refractivity contribution in [3.8, 4) is 5.75 Å². The maximum atomic E-state index is 13.4. The normalized spacial score (nSPS) is 9.67. The van der Waals surface area contributed by atoms with Crippen LogP contribution in [0.2, 0.25) is 0 Å². The molecule has 1 rings (SSSR count). The summed E-state index contributed by atoms with van der Waals surface area (Å²) >= 11 is 3.07. The molecule has 0 aromatic heterocycles. The molecule has 0 saturated heterocycles. The van der Waals surface area contributed by atoms with Gasteiger partial charge in [-0.1, -0.05) is 6.08 Å². The summed E-state index contributed by atoms with van der Waals surface area (Å²) in [5.74, 6) is 4.66. The quantitative estimate of drug-likeness (QED) is 0.181. The van der Waals surface area contributed by atoms with Crippen molar-refractivity contribution in [2.45, 2.75) is 6.42 Å². The van der Waals surface area contributed by atoms with Crippen LogP contribution in [0.3, 0.4) is 0 Å². The summed E-state index contributed by atoms with van der Waals surface area (Å²) in [7, 11) is 0. The lowest BCUT2D eigenvalue weighted by atomic mass is 10.3. The van der Waals surface area contributed by atoms with E-state index in [1.54, 1.807) is 6.08 Å². The first-order valence-corrected chi connectivity index (χ1v) is 6.50. The molecule has 0 unspecified atom stereocenters. The molecule has 0 spiro atoms. The molecule has 0 aliphatic rings. The van der Waals surface area contributed by atoms with Crippen molar-refractivity contribution in [1.82, 2.24) is 5.43 Å². The molecule has 116 valence electrons. The Balaban J connectivity index is 0.00000191. The van der Waals surface area contributed by atoms with Gasteiger partial charge in [-0.05, 0) is 41.0 Å². The molecule has 0 fully saturated rings. The molecule has 9 heteroatoms. The Hall–Kier alpha value is -2.13. The van der Waals surface area contributed by atoms with Gasteiger partial charge >= 0.3 is 6.03 Å². The lowest BCUT2D eigenvalue weighted by Crippen LogP contribution is -2.34. The molecule has 7 nitrogen and oxygen atoms in total. The molecule has 0 aliphatic heterocycles. The number of rotatable bonds is 5. The molecular formula is C12H17BrFN5O2. The predicted molar refractivity (Wildman–Crippen MR) is 83.7 cm³/mol.